The van der Waals surface area contributed by atoms with Crippen molar-refractivity contribution in [3.8, 4) is 0 Å². The van der Waals surface area contributed by atoms with Gasteiger partial charge >= 0.3 is 0 Å². The maximum atomic E-state index is 11.8. The molecule has 1 atom stereocenters. The molecule has 2 rings (SSSR count). The van der Waals surface area contributed by atoms with E-state index >= 15 is 0 Å². The minimum Gasteiger partial charge on any atom is -0.397 e. The lowest BCUT2D eigenvalue weighted by Crippen LogP contribution is -2.24. The summed E-state index contributed by atoms with van der Waals surface area (Å²) in [6.07, 6.45) is 3.40. The van der Waals surface area contributed by atoms with Gasteiger partial charge in [-0.25, -0.2) is 0 Å². The minimum absolute atomic E-state index is 0.0794. The van der Waals surface area contributed by atoms with Gasteiger partial charge < -0.3 is 21.1 Å². The topological polar surface area (TPSA) is 76.4 Å². The van der Waals surface area contributed by atoms with Crippen LogP contribution in [0.4, 0.5) is 11.4 Å². The van der Waals surface area contributed by atoms with Crippen LogP contribution in [-0.2, 0) is 4.74 Å². The van der Waals surface area contributed by atoms with Crippen molar-refractivity contribution in [2.45, 2.75) is 32.3 Å². The number of hydrogen-bond acceptors (Lipinski definition) is 4. The number of benzene rings is 1. The van der Waals surface area contributed by atoms with Crippen molar-refractivity contribution in [1.29, 1.82) is 0 Å². The zero-order chi connectivity index (χ0) is 14.4. The maximum Gasteiger partial charge on any atom is 0.251 e. The highest BCUT2D eigenvalue weighted by Gasteiger charge is 2.15. The third-order valence-electron chi connectivity index (χ3n) is 3.39. The van der Waals surface area contributed by atoms with Crippen LogP contribution in [-0.4, -0.2) is 31.7 Å². The van der Waals surface area contributed by atoms with Crippen LogP contribution in [0.15, 0.2) is 18.2 Å². The van der Waals surface area contributed by atoms with Crippen LogP contribution in [0.3, 0.4) is 0 Å². The van der Waals surface area contributed by atoms with Crippen molar-refractivity contribution in [2.75, 3.05) is 30.7 Å². The van der Waals surface area contributed by atoms with E-state index in [1.165, 1.54) is 0 Å². The molecule has 1 aliphatic rings. The van der Waals surface area contributed by atoms with Crippen molar-refractivity contribution >= 4 is 17.3 Å². The lowest BCUT2D eigenvalue weighted by Gasteiger charge is -2.14. The summed E-state index contributed by atoms with van der Waals surface area (Å²) in [6.45, 7) is 4.30. The Morgan fingerprint density at radius 1 is 1.50 bits per heavy atom. The van der Waals surface area contributed by atoms with Gasteiger partial charge in [0.1, 0.15) is 0 Å². The fourth-order valence-corrected chi connectivity index (χ4v) is 2.23. The molecule has 0 aromatic heterocycles. The summed E-state index contributed by atoms with van der Waals surface area (Å²) in [5.74, 6) is -0.0794. The van der Waals surface area contributed by atoms with E-state index in [-0.39, 0.29) is 12.0 Å². The van der Waals surface area contributed by atoms with E-state index < -0.39 is 0 Å². The highest BCUT2D eigenvalue weighted by atomic mass is 16.5. The smallest absolute Gasteiger partial charge is 0.251 e. The molecule has 1 aliphatic heterocycles. The molecule has 0 radical (unpaired) electrons. The van der Waals surface area contributed by atoms with E-state index in [2.05, 4.69) is 10.6 Å². The molecule has 1 amide bonds. The number of anilines is 2. The molecule has 0 saturated carbocycles. The number of hydrogen-bond donors (Lipinski definition) is 3. The van der Waals surface area contributed by atoms with E-state index in [9.17, 15) is 4.79 Å². The van der Waals surface area contributed by atoms with Crippen LogP contribution in [0.25, 0.3) is 0 Å². The Morgan fingerprint density at radius 3 is 3.00 bits per heavy atom. The molecular formula is C15H23N3O2. The van der Waals surface area contributed by atoms with E-state index in [0.717, 1.165) is 38.1 Å². The van der Waals surface area contributed by atoms with Gasteiger partial charge in [0.2, 0.25) is 0 Å². The van der Waals surface area contributed by atoms with E-state index in [1.54, 1.807) is 12.1 Å². The predicted octanol–water partition coefficient (Wildman–Crippen LogP) is 2.00. The third-order valence-corrected chi connectivity index (χ3v) is 3.39. The fraction of sp³-hybridized carbons (Fsp3) is 0.533. The Labute approximate surface area is 119 Å². The van der Waals surface area contributed by atoms with Crippen LogP contribution in [0.1, 0.15) is 36.5 Å². The molecule has 110 valence electrons. The highest BCUT2D eigenvalue weighted by Crippen LogP contribution is 2.21. The molecule has 5 heteroatoms. The first-order chi connectivity index (χ1) is 9.70. The number of nitrogens with two attached hydrogens (primary N) is 1. The number of ether oxygens (including phenoxy) is 1. The summed E-state index contributed by atoms with van der Waals surface area (Å²) in [4.78, 5) is 11.8. The van der Waals surface area contributed by atoms with Crippen molar-refractivity contribution in [2.24, 2.45) is 0 Å². The van der Waals surface area contributed by atoms with Gasteiger partial charge in [-0.2, -0.15) is 0 Å². The zero-order valence-corrected chi connectivity index (χ0v) is 11.9. The Kier molecular flexibility index (Phi) is 5.24. The largest absolute Gasteiger partial charge is 0.397 e. The lowest BCUT2D eigenvalue weighted by molar-refractivity contribution is 0.0953. The summed E-state index contributed by atoms with van der Waals surface area (Å²) in [7, 11) is 0. The molecule has 20 heavy (non-hydrogen) atoms. The number of nitrogen functional groups attached to an aromatic ring is 1. The van der Waals surface area contributed by atoms with Crippen molar-refractivity contribution in [1.82, 2.24) is 5.32 Å². The Morgan fingerprint density at radius 2 is 2.35 bits per heavy atom. The van der Waals surface area contributed by atoms with Crippen LogP contribution in [0.2, 0.25) is 0 Å². The number of nitrogens with one attached hydrogen (secondary N) is 2. The van der Waals surface area contributed by atoms with E-state index in [1.807, 2.05) is 13.0 Å². The van der Waals surface area contributed by atoms with Crippen molar-refractivity contribution in [3.05, 3.63) is 23.8 Å². The Hall–Kier alpha value is -1.75. The second-order valence-corrected chi connectivity index (χ2v) is 5.07. The standard InChI is InChI=1S/C15H23N3O2/c1-2-7-17-15(19)11-5-6-14(13(16)9-11)18-10-12-4-3-8-20-12/h5-6,9,12,18H,2-4,7-8,10,16H2,1H3,(H,17,19)/t12-/m1/s1. The number of rotatable bonds is 6. The maximum absolute atomic E-state index is 11.8. The second-order valence-electron chi connectivity index (χ2n) is 5.07. The lowest BCUT2D eigenvalue weighted by atomic mass is 10.1. The van der Waals surface area contributed by atoms with Gasteiger partial charge in [-0.05, 0) is 37.5 Å². The Balaban J connectivity index is 1.92. The minimum atomic E-state index is -0.0794. The molecule has 4 N–H and O–H groups in total. The molecular weight excluding hydrogens is 254 g/mol. The quantitative estimate of drug-likeness (QED) is 0.695. The summed E-state index contributed by atoms with van der Waals surface area (Å²) in [5, 5.41) is 6.12. The Bertz CT molecular complexity index is 456. The predicted molar refractivity (Wildman–Crippen MR) is 80.9 cm³/mol. The van der Waals surface area contributed by atoms with E-state index in [4.69, 9.17) is 10.5 Å². The van der Waals surface area contributed by atoms with Crippen LogP contribution in [0.5, 0.6) is 0 Å². The molecule has 1 saturated heterocycles. The molecule has 5 nitrogen and oxygen atoms in total. The van der Waals surface area contributed by atoms with Gasteiger partial charge in [-0.15, -0.1) is 0 Å². The first kappa shape index (κ1) is 14.7. The molecule has 0 unspecified atom stereocenters. The molecule has 0 spiro atoms. The van der Waals surface area contributed by atoms with Crippen LogP contribution in [0, 0.1) is 0 Å². The van der Waals surface area contributed by atoms with Crippen molar-refractivity contribution in [3.63, 3.8) is 0 Å². The molecule has 0 bridgehead atoms. The first-order valence-corrected chi connectivity index (χ1v) is 7.24. The van der Waals surface area contributed by atoms with Gasteiger partial charge in [-0.3, -0.25) is 4.79 Å². The fourth-order valence-electron chi connectivity index (χ4n) is 2.23. The van der Waals surface area contributed by atoms with Crippen LogP contribution < -0.4 is 16.4 Å². The van der Waals surface area contributed by atoms with Gasteiger partial charge in [0.15, 0.2) is 0 Å². The van der Waals surface area contributed by atoms with Gasteiger partial charge in [0, 0.05) is 25.3 Å². The molecule has 0 aliphatic carbocycles. The van der Waals surface area contributed by atoms with Gasteiger partial charge in [-0.1, -0.05) is 6.92 Å². The normalized spacial score (nSPS) is 17.9. The number of carbonyl (C=O) groups excluding carboxylic acids is 1. The first-order valence-electron chi connectivity index (χ1n) is 7.24. The monoisotopic (exact) mass is 277 g/mol. The summed E-state index contributed by atoms with van der Waals surface area (Å²) < 4.78 is 5.55. The third kappa shape index (κ3) is 3.87. The van der Waals surface area contributed by atoms with Crippen molar-refractivity contribution < 1.29 is 9.53 Å². The number of carbonyl (C=O) groups is 1. The summed E-state index contributed by atoms with van der Waals surface area (Å²) in [5.41, 5.74) is 8.03. The molecule has 1 aromatic rings. The van der Waals surface area contributed by atoms with Gasteiger partial charge in [0.25, 0.3) is 5.91 Å². The summed E-state index contributed by atoms with van der Waals surface area (Å²) >= 11 is 0. The van der Waals surface area contributed by atoms with E-state index in [0.29, 0.717) is 17.8 Å². The number of amides is 1. The average Bonchev–Trinajstić information content (AvgIpc) is 2.96. The average molecular weight is 277 g/mol. The molecule has 1 heterocycles. The molecule has 1 aromatic carbocycles. The SMILES string of the molecule is CCCNC(=O)c1ccc(NC[C@H]2CCCO2)c(N)c1. The second kappa shape index (κ2) is 7.14. The summed E-state index contributed by atoms with van der Waals surface area (Å²) in [6, 6.07) is 5.35. The zero-order valence-electron chi connectivity index (χ0n) is 11.9. The molecule has 1 fully saturated rings. The van der Waals surface area contributed by atoms with Gasteiger partial charge in [0.05, 0.1) is 17.5 Å². The van der Waals surface area contributed by atoms with Crippen LogP contribution >= 0.6 is 0 Å². The highest BCUT2D eigenvalue weighted by molar-refractivity contribution is 5.96.